The second-order valence-electron chi connectivity index (χ2n) is 4.31. The Morgan fingerprint density at radius 3 is 2.74 bits per heavy atom. The Morgan fingerprint density at radius 2 is 1.95 bits per heavy atom. The molecule has 0 spiro atoms. The predicted molar refractivity (Wildman–Crippen MR) is 73.1 cm³/mol. The van der Waals surface area contributed by atoms with Gasteiger partial charge in [0, 0.05) is 11.6 Å². The van der Waals surface area contributed by atoms with E-state index < -0.39 is 0 Å². The van der Waals surface area contributed by atoms with Crippen LogP contribution in [0.5, 0.6) is 0 Å². The lowest BCUT2D eigenvalue weighted by atomic mass is 10.2. The second kappa shape index (κ2) is 4.28. The van der Waals surface area contributed by atoms with Gasteiger partial charge in [-0.05, 0) is 43.4 Å². The lowest BCUT2D eigenvalue weighted by molar-refractivity contribution is 0.617. The van der Waals surface area contributed by atoms with Crippen molar-refractivity contribution in [1.82, 2.24) is 9.55 Å². The molecule has 2 aromatic carbocycles. The molecular weight excluding hydrogens is 266 g/mol. The highest BCUT2D eigenvalue weighted by atomic mass is 32.1. The molecule has 0 radical (unpaired) electrons. The van der Waals surface area contributed by atoms with Crippen LogP contribution in [0.1, 0.15) is 5.56 Å². The van der Waals surface area contributed by atoms with Gasteiger partial charge in [0.25, 0.3) is 0 Å². The quantitative estimate of drug-likeness (QED) is 0.658. The summed E-state index contributed by atoms with van der Waals surface area (Å²) >= 11 is 5.24. The Balaban J connectivity index is 2.42. The SMILES string of the molecule is Cc1c(F)cccc1-n1c(=S)[nH]c2ccc(F)cc21. The van der Waals surface area contributed by atoms with Crippen LogP contribution in [-0.2, 0) is 0 Å². The highest BCUT2D eigenvalue weighted by Gasteiger charge is 2.11. The molecule has 1 aromatic heterocycles. The molecule has 3 aromatic rings. The largest absolute Gasteiger partial charge is 0.330 e. The molecule has 2 nitrogen and oxygen atoms in total. The monoisotopic (exact) mass is 276 g/mol. The maximum absolute atomic E-state index is 13.7. The summed E-state index contributed by atoms with van der Waals surface area (Å²) in [6.45, 7) is 1.67. The van der Waals surface area contributed by atoms with Crippen LogP contribution >= 0.6 is 12.2 Å². The molecule has 19 heavy (non-hydrogen) atoms. The van der Waals surface area contributed by atoms with Crippen LogP contribution in [-0.4, -0.2) is 9.55 Å². The van der Waals surface area contributed by atoms with Crippen molar-refractivity contribution >= 4 is 23.3 Å². The first-order chi connectivity index (χ1) is 9.08. The van der Waals surface area contributed by atoms with Gasteiger partial charge in [-0.1, -0.05) is 6.07 Å². The molecule has 0 unspecified atom stereocenters. The molecule has 0 fully saturated rings. The molecule has 0 aliphatic rings. The minimum atomic E-state index is -0.357. The maximum atomic E-state index is 13.7. The van der Waals surface area contributed by atoms with Crippen molar-refractivity contribution in [2.75, 3.05) is 0 Å². The van der Waals surface area contributed by atoms with Gasteiger partial charge < -0.3 is 4.98 Å². The van der Waals surface area contributed by atoms with Crippen LogP contribution < -0.4 is 0 Å². The average Bonchev–Trinajstić information content (AvgIpc) is 2.69. The van der Waals surface area contributed by atoms with Gasteiger partial charge in [-0.15, -0.1) is 0 Å². The number of aromatic nitrogens is 2. The number of fused-ring (bicyclic) bond motifs is 1. The van der Waals surface area contributed by atoms with E-state index in [0.29, 0.717) is 21.5 Å². The highest BCUT2D eigenvalue weighted by Crippen LogP contribution is 2.24. The summed E-state index contributed by atoms with van der Waals surface area (Å²) < 4.78 is 29.1. The van der Waals surface area contributed by atoms with Gasteiger partial charge in [0.05, 0.1) is 16.7 Å². The molecule has 0 aliphatic carbocycles. The molecular formula is C14H10F2N2S. The minimum absolute atomic E-state index is 0.315. The number of benzene rings is 2. The van der Waals surface area contributed by atoms with Crippen LogP contribution in [0.15, 0.2) is 36.4 Å². The fraction of sp³-hybridized carbons (Fsp3) is 0.0714. The first kappa shape index (κ1) is 12.0. The number of rotatable bonds is 1. The molecule has 1 heterocycles. The van der Waals surface area contributed by atoms with Crippen LogP contribution in [0.25, 0.3) is 16.7 Å². The summed E-state index contributed by atoms with van der Waals surface area (Å²) in [5.41, 5.74) is 2.40. The van der Waals surface area contributed by atoms with Crippen molar-refractivity contribution in [2.24, 2.45) is 0 Å². The zero-order chi connectivity index (χ0) is 13.6. The van der Waals surface area contributed by atoms with Gasteiger partial charge in [-0.2, -0.15) is 0 Å². The third-order valence-electron chi connectivity index (χ3n) is 3.13. The topological polar surface area (TPSA) is 20.7 Å². The average molecular weight is 276 g/mol. The molecule has 0 amide bonds. The third kappa shape index (κ3) is 1.86. The zero-order valence-corrected chi connectivity index (χ0v) is 10.9. The molecule has 5 heteroatoms. The molecule has 0 saturated heterocycles. The van der Waals surface area contributed by atoms with Crippen LogP contribution in [0, 0.1) is 23.3 Å². The second-order valence-corrected chi connectivity index (χ2v) is 4.70. The Bertz CT molecular complexity index is 833. The standard InChI is InChI=1S/C14H10F2N2S/c1-8-10(16)3-2-4-12(8)18-13-7-9(15)5-6-11(13)17-14(18)19/h2-7H,1H3,(H,17,19). The summed E-state index contributed by atoms with van der Waals surface area (Å²) in [6, 6.07) is 9.11. The van der Waals surface area contributed by atoms with Gasteiger partial charge >= 0.3 is 0 Å². The summed E-state index contributed by atoms with van der Waals surface area (Å²) in [5.74, 6) is -0.672. The van der Waals surface area contributed by atoms with E-state index in [1.54, 1.807) is 29.7 Å². The first-order valence-electron chi connectivity index (χ1n) is 5.73. The summed E-state index contributed by atoms with van der Waals surface area (Å²) in [5, 5.41) is 0. The van der Waals surface area contributed by atoms with Gasteiger partial charge in [-0.25, -0.2) is 8.78 Å². The molecule has 0 atom stereocenters. The van der Waals surface area contributed by atoms with Crippen LogP contribution in [0.3, 0.4) is 0 Å². The first-order valence-corrected chi connectivity index (χ1v) is 6.14. The number of hydrogen-bond donors (Lipinski definition) is 1. The van der Waals surface area contributed by atoms with Crippen molar-refractivity contribution in [3.63, 3.8) is 0 Å². The third-order valence-corrected chi connectivity index (χ3v) is 3.41. The Kier molecular flexibility index (Phi) is 2.71. The van der Waals surface area contributed by atoms with Crippen molar-refractivity contribution in [2.45, 2.75) is 6.92 Å². The van der Waals surface area contributed by atoms with E-state index >= 15 is 0 Å². The number of aromatic amines is 1. The van der Waals surface area contributed by atoms with Crippen molar-refractivity contribution in [1.29, 1.82) is 0 Å². The smallest absolute Gasteiger partial charge is 0.182 e. The number of nitrogens with one attached hydrogen (secondary N) is 1. The minimum Gasteiger partial charge on any atom is -0.330 e. The predicted octanol–water partition coefficient (Wildman–Crippen LogP) is 4.27. The lowest BCUT2D eigenvalue weighted by Crippen LogP contribution is -1.99. The number of halogens is 2. The van der Waals surface area contributed by atoms with Crippen molar-refractivity contribution < 1.29 is 8.78 Å². The molecule has 1 N–H and O–H groups in total. The molecule has 3 rings (SSSR count). The number of imidazole rings is 1. The lowest BCUT2D eigenvalue weighted by Gasteiger charge is -2.09. The normalized spacial score (nSPS) is 11.1. The van der Waals surface area contributed by atoms with Gasteiger partial charge in [0.2, 0.25) is 0 Å². The van der Waals surface area contributed by atoms with Crippen molar-refractivity contribution in [3.8, 4) is 5.69 Å². The van der Waals surface area contributed by atoms with Crippen LogP contribution in [0.2, 0.25) is 0 Å². The number of hydrogen-bond acceptors (Lipinski definition) is 1. The van der Waals surface area contributed by atoms with Gasteiger partial charge in [0.15, 0.2) is 4.77 Å². The Morgan fingerprint density at radius 1 is 1.16 bits per heavy atom. The van der Waals surface area contributed by atoms with E-state index in [0.717, 1.165) is 5.52 Å². The maximum Gasteiger partial charge on any atom is 0.182 e. The van der Waals surface area contributed by atoms with E-state index in [9.17, 15) is 8.78 Å². The number of H-pyrrole nitrogens is 1. The summed E-state index contributed by atoms with van der Waals surface area (Å²) in [7, 11) is 0. The summed E-state index contributed by atoms with van der Waals surface area (Å²) in [6.07, 6.45) is 0. The van der Waals surface area contributed by atoms with Crippen molar-refractivity contribution in [3.05, 3.63) is 58.4 Å². The molecule has 0 aliphatic heterocycles. The van der Waals surface area contributed by atoms with Crippen LogP contribution in [0.4, 0.5) is 8.78 Å². The van der Waals surface area contributed by atoms with E-state index in [4.69, 9.17) is 12.2 Å². The van der Waals surface area contributed by atoms with E-state index in [2.05, 4.69) is 4.98 Å². The van der Waals surface area contributed by atoms with Gasteiger partial charge in [0.1, 0.15) is 11.6 Å². The highest BCUT2D eigenvalue weighted by molar-refractivity contribution is 7.71. The van der Waals surface area contributed by atoms with E-state index in [1.807, 2.05) is 0 Å². The van der Waals surface area contributed by atoms with E-state index in [1.165, 1.54) is 18.2 Å². The molecule has 0 bridgehead atoms. The number of nitrogens with zero attached hydrogens (tertiary/aromatic N) is 1. The molecule has 0 saturated carbocycles. The fourth-order valence-electron chi connectivity index (χ4n) is 2.15. The summed E-state index contributed by atoms with van der Waals surface area (Å²) in [4.78, 5) is 2.99. The zero-order valence-electron chi connectivity index (χ0n) is 10.1. The molecule has 96 valence electrons. The fourth-order valence-corrected chi connectivity index (χ4v) is 2.46. The van der Waals surface area contributed by atoms with Gasteiger partial charge in [-0.3, -0.25) is 4.57 Å². The van der Waals surface area contributed by atoms with E-state index in [-0.39, 0.29) is 11.6 Å². The Hall–Kier alpha value is -2.01. The Labute approximate surface area is 113 Å².